The Morgan fingerprint density at radius 3 is 2.86 bits per heavy atom. The van der Waals surface area contributed by atoms with Gasteiger partial charge in [0, 0.05) is 24.2 Å². The number of aryl methyl sites for hydroxylation is 1. The molecule has 0 bridgehead atoms. The third-order valence-electron chi connectivity index (χ3n) is 3.49. The van der Waals surface area contributed by atoms with Gasteiger partial charge in [-0.05, 0) is 47.9 Å². The molecule has 0 saturated heterocycles. The molecule has 0 unspecified atom stereocenters. The van der Waals surface area contributed by atoms with E-state index in [0.29, 0.717) is 12.2 Å². The number of hydrogen-bond acceptors (Lipinski definition) is 4. The van der Waals surface area contributed by atoms with E-state index in [1.54, 1.807) is 24.5 Å². The highest BCUT2D eigenvalue weighted by Gasteiger charge is 2.02. The van der Waals surface area contributed by atoms with Gasteiger partial charge in [-0.25, -0.2) is 0 Å². The molecule has 0 amide bonds. The fraction of sp³-hybridized carbons (Fsp3) is 0.118. The Hall–Kier alpha value is -2.95. The van der Waals surface area contributed by atoms with Gasteiger partial charge in [-0.2, -0.15) is 5.10 Å². The van der Waals surface area contributed by atoms with E-state index in [4.69, 9.17) is 5.73 Å². The lowest BCUT2D eigenvalue weighted by molar-refractivity contribution is -0.114. The summed E-state index contributed by atoms with van der Waals surface area (Å²) in [7, 11) is 0. The van der Waals surface area contributed by atoms with Crippen LogP contribution >= 0.6 is 0 Å². The first-order valence-corrected chi connectivity index (χ1v) is 7.06. The van der Waals surface area contributed by atoms with Crippen LogP contribution in [0.25, 0.3) is 17.0 Å². The first kappa shape index (κ1) is 14.0. The maximum absolute atomic E-state index is 11.9. The third-order valence-corrected chi connectivity index (χ3v) is 3.49. The predicted molar refractivity (Wildman–Crippen MR) is 87.1 cm³/mol. The van der Waals surface area contributed by atoms with Crippen LogP contribution in [-0.4, -0.2) is 21.0 Å². The average Bonchev–Trinajstić information content (AvgIpc) is 2.93. The summed E-state index contributed by atoms with van der Waals surface area (Å²) in [5.74, 6) is 0.561. The van der Waals surface area contributed by atoms with E-state index in [0.717, 1.165) is 28.5 Å². The standard InChI is InChI=1S/C17H16N4O/c18-17-15-11-13(3-6-16(15)20-21-17)2-5-14(22)4-1-12-7-9-19-10-8-12/h2-3,5-11H,1,4H2,(H3,18,20,21)/b5-2+. The maximum Gasteiger partial charge on any atom is 0.156 e. The molecule has 0 spiro atoms. The van der Waals surface area contributed by atoms with E-state index >= 15 is 0 Å². The largest absolute Gasteiger partial charge is 0.382 e. The number of carbonyl (C=O) groups is 1. The van der Waals surface area contributed by atoms with Gasteiger partial charge >= 0.3 is 0 Å². The fourth-order valence-electron chi connectivity index (χ4n) is 2.25. The minimum atomic E-state index is 0.0945. The quantitative estimate of drug-likeness (QED) is 0.708. The molecule has 0 aliphatic carbocycles. The smallest absolute Gasteiger partial charge is 0.156 e. The molecule has 2 aromatic heterocycles. The molecule has 3 aromatic rings. The molecule has 0 atom stereocenters. The second kappa shape index (κ2) is 6.22. The number of nitrogen functional groups attached to an aromatic ring is 1. The van der Waals surface area contributed by atoms with Crippen LogP contribution < -0.4 is 5.73 Å². The fourth-order valence-corrected chi connectivity index (χ4v) is 2.25. The molecular formula is C17H16N4O. The highest BCUT2D eigenvalue weighted by atomic mass is 16.1. The van der Waals surface area contributed by atoms with Crippen molar-refractivity contribution in [3.05, 3.63) is 59.9 Å². The third kappa shape index (κ3) is 3.20. The first-order valence-electron chi connectivity index (χ1n) is 7.06. The number of nitrogens with two attached hydrogens (primary N) is 1. The van der Waals surface area contributed by atoms with Crippen LogP contribution in [-0.2, 0) is 11.2 Å². The SMILES string of the molecule is Nc1n[nH]c2ccc(/C=C/C(=O)CCc3ccncc3)cc12. The number of carbonyl (C=O) groups excluding carboxylic acids is 1. The Kier molecular flexibility index (Phi) is 3.96. The molecule has 110 valence electrons. The number of ketones is 1. The summed E-state index contributed by atoms with van der Waals surface area (Å²) in [5, 5.41) is 7.67. The molecule has 22 heavy (non-hydrogen) atoms. The van der Waals surface area contributed by atoms with Gasteiger partial charge in [0.1, 0.15) is 0 Å². The van der Waals surface area contributed by atoms with E-state index < -0.39 is 0 Å². The normalized spacial score (nSPS) is 11.3. The van der Waals surface area contributed by atoms with E-state index in [9.17, 15) is 4.79 Å². The number of allylic oxidation sites excluding steroid dienone is 1. The number of anilines is 1. The van der Waals surface area contributed by atoms with Gasteiger partial charge in [0.05, 0.1) is 5.52 Å². The zero-order valence-corrected chi connectivity index (χ0v) is 12.0. The highest BCUT2D eigenvalue weighted by molar-refractivity contribution is 5.95. The number of pyridine rings is 1. The van der Waals surface area contributed by atoms with Crippen LogP contribution in [0.4, 0.5) is 5.82 Å². The molecule has 0 fully saturated rings. The van der Waals surface area contributed by atoms with Crippen LogP contribution in [0.5, 0.6) is 0 Å². The van der Waals surface area contributed by atoms with Crippen molar-refractivity contribution in [3.63, 3.8) is 0 Å². The Labute approximate surface area is 127 Å². The number of rotatable bonds is 5. The summed E-state index contributed by atoms with van der Waals surface area (Å²) in [6.45, 7) is 0. The lowest BCUT2D eigenvalue weighted by Crippen LogP contribution is -1.96. The minimum absolute atomic E-state index is 0.0945. The molecule has 1 aromatic carbocycles. The van der Waals surface area contributed by atoms with Crippen LogP contribution in [0.2, 0.25) is 0 Å². The Morgan fingerprint density at radius 2 is 2.05 bits per heavy atom. The van der Waals surface area contributed by atoms with Crippen molar-refractivity contribution in [2.24, 2.45) is 0 Å². The van der Waals surface area contributed by atoms with Gasteiger partial charge in [-0.1, -0.05) is 12.1 Å². The first-order chi connectivity index (χ1) is 10.7. The number of nitrogens with zero attached hydrogens (tertiary/aromatic N) is 2. The summed E-state index contributed by atoms with van der Waals surface area (Å²) in [4.78, 5) is 15.9. The number of fused-ring (bicyclic) bond motifs is 1. The highest BCUT2D eigenvalue weighted by Crippen LogP contribution is 2.19. The Bertz CT molecular complexity index is 821. The number of nitrogens with one attached hydrogen (secondary N) is 1. The topological polar surface area (TPSA) is 84.7 Å². The summed E-state index contributed by atoms with van der Waals surface area (Å²) >= 11 is 0. The van der Waals surface area contributed by atoms with E-state index in [2.05, 4.69) is 15.2 Å². The van der Waals surface area contributed by atoms with Crippen LogP contribution in [0.1, 0.15) is 17.5 Å². The van der Waals surface area contributed by atoms with Crippen molar-refractivity contribution in [3.8, 4) is 0 Å². The molecule has 0 aliphatic heterocycles. The van der Waals surface area contributed by atoms with E-state index in [1.165, 1.54) is 0 Å². The predicted octanol–water partition coefficient (Wildman–Crippen LogP) is 2.76. The molecule has 5 heteroatoms. The number of hydrogen-bond donors (Lipinski definition) is 2. The number of H-pyrrole nitrogens is 1. The summed E-state index contributed by atoms with van der Waals surface area (Å²) in [5.41, 5.74) is 8.71. The van der Waals surface area contributed by atoms with Gasteiger partial charge < -0.3 is 5.73 Å². The van der Waals surface area contributed by atoms with Gasteiger partial charge in [0.25, 0.3) is 0 Å². The van der Waals surface area contributed by atoms with E-state index in [-0.39, 0.29) is 5.78 Å². The molecule has 3 rings (SSSR count). The molecule has 5 nitrogen and oxygen atoms in total. The summed E-state index contributed by atoms with van der Waals surface area (Å²) in [6, 6.07) is 9.59. The minimum Gasteiger partial charge on any atom is -0.382 e. The zero-order valence-electron chi connectivity index (χ0n) is 12.0. The van der Waals surface area contributed by atoms with Gasteiger partial charge in [0.2, 0.25) is 0 Å². The van der Waals surface area contributed by atoms with Crippen molar-refractivity contribution < 1.29 is 4.79 Å². The van der Waals surface area contributed by atoms with Crippen LogP contribution in [0.15, 0.2) is 48.8 Å². The van der Waals surface area contributed by atoms with Gasteiger partial charge in [0.15, 0.2) is 11.6 Å². The number of aromatic amines is 1. The number of aromatic nitrogens is 3. The lowest BCUT2D eigenvalue weighted by Gasteiger charge is -1.98. The van der Waals surface area contributed by atoms with Crippen molar-refractivity contribution >= 4 is 28.6 Å². The molecular weight excluding hydrogens is 276 g/mol. The second-order valence-electron chi connectivity index (χ2n) is 5.07. The van der Waals surface area contributed by atoms with Crippen molar-refractivity contribution in [1.29, 1.82) is 0 Å². The summed E-state index contributed by atoms with van der Waals surface area (Å²) in [6.07, 6.45) is 8.09. The van der Waals surface area contributed by atoms with Gasteiger partial charge in [-0.3, -0.25) is 14.9 Å². The average molecular weight is 292 g/mol. The summed E-state index contributed by atoms with van der Waals surface area (Å²) < 4.78 is 0. The van der Waals surface area contributed by atoms with Crippen LogP contribution in [0.3, 0.4) is 0 Å². The second-order valence-corrected chi connectivity index (χ2v) is 5.07. The Balaban J connectivity index is 1.64. The monoisotopic (exact) mass is 292 g/mol. The van der Waals surface area contributed by atoms with Crippen molar-refractivity contribution in [1.82, 2.24) is 15.2 Å². The molecule has 3 N–H and O–H groups in total. The molecule has 0 aliphatic rings. The maximum atomic E-state index is 11.9. The zero-order chi connectivity index (χ0) is 15.4. The van der Waals surface area contributed by atoms with Crippen molar-refractivity contribution in [2.45, 2.75) is 12.8 Å². The molecule has 2 heterocycles. The Morgan fingerprint density at radius 1 is 1.23 bits per heavy atom. The molecule has 0 saturated carbocycles. The van der Waals surface area contributed by atoms with Crippen molar-refractivity contribution in [2.75, 3.05) is 5.73 Å². The number of benzene rings is 1. The van der Waals surface area contributed by atoms with E-state index in [1.807, 2.05) is 30.3 Å². The van der Waals surface area contributed by atoms with Crippen LogP contribution in [0, 0.1) is 0 Å². The van der Waals surface area contributed by atoms with Gasteiger partial charge in [-0.15, -0.1) is 0 Å². The molecule has 0 radical (unpaired) electrons. The lowest BCUT2D eigenvalue weighted by atomic mass is 10.1.